The number of nitro benzene ring substituents is 1. The summed E-state index contributed by atoms with van der Waals surface area (Å²) in [7, 11) is 0. The Morgan fingerprint density at radius 1 is 0.870 bits per heavy atom. The lowest BCUT2D eigenvalue weighted by Crippen LogP contribution is -1.94. The molecular formula is C19H14N2O2. The van der Waals surface area contributed by atoms with Gasteiger partial charge in [-0.25, -0.2) is 0 Å². The van der Waals surface area contributed by atoms with Crippen molar-refractivity contribution in [2.24, 2.45) is 0 Å². The van der Waals surface area contributed by atoms with Gasteiger partial charge in [-0.2, -0.15) is 0 Å². The predicted octanol–water partition coefficient (Wildman–Crippen LogP) is 5.00. The van der Waals surface area contributed by atoms with E-state index in [1.807, 2.05) is 36.4 Å². The molecule has 23 heavy (non-hydrogen) atoms. The standard InChI is InChI=1S/C19H14N2O2/c1-13-5-4-6-14(11-13)20-18-8-3-2-7-16(18)17-12-15(21(22)23)9-10-19(17)20/h2-12H,1H3. The number of nitro groups is 1. The minimum Gasteiger partial charge on any atom is -0.309 e. The normalized spacial score (nSPS) is 11.2. The number of hydrogen-bond donors (Lipinski definition) is 0. The summed E-state index contributed by atoms with van der Waals surface area (Å²) in [6.45, 7) is 2.06. The van der Waals surface area contributed by atoms with Crippen LogP contribution >= 0.6 is 0 Å². The van der Waals surface area contributed by atoms with Gasteiger partial charge in [0.1, 0.15) is 0 Å². The van der Waals surface area contributed by atoms with Crippen molar-refractivity contribution < 1.29 is 4.92 Å². The largest absolute Gasteiger partial charge is 0.309 e. The lowest BCUT2D eigenvalue weighted by atomic mass is 10.1. The first-order valence-corrected chi connectivity index (χ1v) is 7.40. The molecule has 3 aromatic carbocycles. The van der Waals surface area contributed by atoms with Crippen molar-refractivity contribution in [3.05, 3.63) is 82.4 Å². The zero-order valence-electron chi connectivity index (χ0n) is 12.6. The van der Waals surface area contributed by atoms with Gasteiger partial charge in [-0.3, -0.25) is 10.1 Å². The van der Waals surface area contributed by atoms with Crippen LogP contribution < -0.4 is 0 Å². The number of aromatic nitrogens is 1. The average molecular weight is 302 g/mol. The molecule has 1 heterocycles. The quantitative estimate of drug-likeness (QED) is 0.386. The Balaban J connectivity index is 2.15. The molecule has 4 nitrogen and oxygen atoms in total. The van der Waals surface area contributed by atoms with E-state index >= 15 is 0 Å². The van der Waals surface area contributed by atoms with Crippen LogP contribution in [0.3, 0.4) is 0 Å². The zero-order chi connectivity index (χ0) is 16.0. The summed E-state index contributed by atoms with van der Waals surface area (Å²) in [6.07, 6.45) is 0. The maximum absolute atomic E-state index is 11.1. The Morgan fingerprint density at radius 3 is 2.43 bits per heavy atom. The molecule has 0 spiro atoms. The molecule has 0 aliphatic carbocycles. The molecule has 0 atom stereocenters. The Morgan fingerprint density at radius 2 is 1.65 bits per heavy atom. The number of nitrogens with zero attached hydrogens (tertiary/aromatic N) is 2. The summed E-state index contributed by atoms with van der Waals surface area (Å²) in [4.78, 5) is 10.8. The highest BCUT2D eigenvalue weighted by Gasteiger charge is 2.15. The van der Waals surface area contributed by atoms with E-state index in [0.717, 1.165) is 27.5 Å². The van der Waals surface area contributed by atoms with Crippen molar-refractivity contribution in [3.8, 4) is 5.69 Å². The summed E-state index contributed by atoms with van der Waals surface area (Å²) in [6, 6.07) is 21.3. The molecule has 0 amide bonds. The Hall–Kier alpha value is -3.14. The highest BCUT2D eigenvalue weighted by Crippen LogP contribution is 2.34. The third kappa shape index (κ3) is 2.07. The number of aryl methyl sites for hydroxylation is 1. The zero-order valence-corrected chi connectivity index (χ0v) is 12.6. The molecule has 112 valence electrons. The van der Waals surface area contributed by atoms with Gasteiger partial charge in [-0.1, -0.05) is 30.3 Å². The summed E-state index contributed by atoms with van der Waals surface area (Å²) in [5.74, 6) is 0. The molecule has 0 aliphatic rings. The van der Waals surface area contributed by atoms with Gasteiger partial charge in [0.15, 0.2) is 0 Å². The smallest absolute Gasteiger partial charge is 0.270 e. The summed E-state index contributed by atoms with van der Waals surface area (Å²) < 4.78 is 2.15. The first-order chi connectivity index (χ1) is 11.1. The van der Waals surface area contributed by atoms with Crippen molar-refractivity contribution in [3.63, 3.8) is 0 Å². The number of rotatable bonds is 2. The number of non-ortho nitro benzene ring substituents is 1. The first kappa shape index (κ1) is 13.5. The van der Waals surface area contributed by atoms with Crippen LogP contribution in [0.5, 0.6) is 0 Å². The molecule has 0 fully saturated rings. The highest BCUT2D eigenvalue weighted by molar-refractivity contribution is 6.09. The molecule has 0 saturated carbocycles. The Labute approximate surface area is 132 Å². The molecule has 0 unspecified atom stereocenters. The van der Waals surface area contributed by atoms with Gasteiger partial charge in [0.25, 0.3) is 5.69 Å². The van der Waals surface area contributed by atoms with Crippen LogP contribution in [0.15, 0.2) is 66.7 Å². The van der Waals surface area contributed by atoms with Crippen molar-refractivity contribution in [2.75, 3.05) is 0 Å². The van der Waals surface area contributed by atoms with Gasteiger partial charge < -0.3 is 4.57 Å². The van der Waals surface area contributed by atoms with Crippen LogP contribution in [-0.2, 0) is 0 Å². The molecule has 0 radical (unpaired) electrons. The van der Waals surface area contributed by atoms with E-state index in [1.165, 1.54) is 5.56 Å². The van der Waals surface area contributed by atoms with Crippen LogP contribution in [0, 0.1) is 17.0 Å². The first-order valence-electron chi connectivity index (χ1n) is 7.40. The topological polar surface area (TPSA) is 48.1 Å². The average Bonchev–Trinajstić information content (AvgIpc) is 2.88. The molecular weight excluding hydrogens is 288 g/mol. The fourth-order valence-corrected chi connectivity index (χ4v) is 3.12. The van der Waals surface area contributed by atoms with Gasteiger partial charge in [0, 0.05) is 28.6 Å². The van der Waals surface area contributed by atoms with Crippen LogP contribution in [0.25, 0.3) is 27.5 Å². The summed E-state index contributed by atoms with van der Waals surface area (Å²) in [5, 5.41) is 13.0. The van der Waals surface area contributed by atoms with Gasteiger partial charge >= 0.3 is 0 Å². The van der Waals surface area contributed by atoms with Crippen LogP contribution in [-0.4, -0.2) is 9.49 Å². The number of fused-ring (bicyclic) bond motifs is 3. The Bertz CT molecular complexity index is 1060. The van der Waals surface area contributed by atoms with E-state index in [0.29, 0.717) is 0 Å². The van der Waals surface area contributed by atoms with Crippen LogP contribution in [0.1, 0.15) is 5.56 Å². The second kappa shape index (κ2) is 4.95. The van der Waals surface area contributed by atoms with Gasteiger partial charge in [-0.05, 0) is 36.8 Å². The predicted molar refractivity (Wildman–Crippen MR) is 92.2 cm³/mol. The molecule has 0 bridgehead atoms. The maximum atomic E-state index is 11.1. The second-order valence-corrected chi connectivity index (χ2v) is 5.65. The summed E-state index contributed by atoms with van der Waals surface area (Å²) in [5.41, 5.74) is 4.38. The molecule has 4 heteroatoms. The van der Waals surface area contributed by atoms with E-state index in [1.54, 1.807) is 12.1 Å². The second-order valence-electron chi connectivity index (χ2n) is 5.65. The van der Waals surface area contributed by atoms with E-state index in [9.17, 15) is 10.1 Å². The lowest BCUT2D eigenvalue weighted by molar-refractivity contribution is -0.384. The fourth-order valence-electron chi connectivity index (χ4n) is 3.12. The summed E-state index contributed by atoms with van der Waals surface area (Å²) >= 11 is 0. The van der Waals surface area contributed by atoms with E-state index in [2.05, 4.69) is 29.7 Å². The molecule has 4 rings (SSSR count). The Kier molecular flexibility index (Phi) is 2.91. The van der Waals surface area contributed by atoms with Crippen LogP contribution in [0.4, 0.5) is 5.69 Å². The molecule has 0 saturated heterocycles. The number of benzene rings is 3. The van der Waals surface area contributed by atoms with Gasteiger partial charge in [0.2, 0.25) is 0 Å². The number of para-hydroxylation sites is 1. The fraction of sp³-hybridized carbons (Fsp3) is 0.0526. The third-order valence-electron chi connectivity index (χ3n) is 4.13. The van der Waals surface area contributed by atoms with Gasteiger partial charge in [-0.15, -0.1) is 0 Å². The third-order valence-corrected chi connectivity index (χ3v) is 4.13. The minimum absolute atomic E-state index is 0.115. The van der Waals surface area contributed by atoms with Crippen LogP contribution in [0.2, 0.25) is 0 Å². The molecule has 1 aromatic heterocycles. The maximum Gasteiger partial charge on any atom is 0.270 e. The van der Waals surface area contributed by atoms with Crippen molar-refractivity contribution in [2.45, 2.75) is 6.92 Å². The van der Waals surface area contributed by atoms with E-state index in [4.69, 9.17) is 0 Å². The monoisotopic (exact) mass is 302 g/mol. The van der Waals surface area contributed by atoms with Gasteiger partial charge in [0.05, 0.1) is 16.0 Å². The minimum atomic E-state index is -0.349. The van der Waals surface area contributed by atoms with E-state index in [-0.39, 0.29) is 10.6 Å². The van der Waals surface area contributed by atoms with Crippen molar-refractivity contribution in [1.82, 2.24) is 4.57 Å². The highest BCUT2D eigenvalue weighted by atomic mass is 16.6. The lowest BCUT2D eigenvalue weighted by Gasteiger charge is -2.08. The van der Waals surface area contributed by atoms with E-state index < -0.39 is 0 Å². The van der Waals surface area contributed by atoms with Crippen molar-refractivity contribution in [1.29, 1.82) is 0 Å². The SMILES string of the molecule is Cc1cccc(-n2c3ccccc3c3cc([N+](=O)[O-])ccc32)c1. The number of hydrogen-bond acceptors (Lipinski definition) is 2. The molecule has 0 aliphatic heterocycles. The molecule has 4 aromatic rings. The molecule has 0 N–H and O–H groups in total. The van der Waals surface area contributed by atoms with Crippen molar-refractivity contribution >= 4 is 27.5 Å².